The average molecular weight is 97.1 g/mol. The Bertz CT molecular complexity index is 58.6. The lowest BCUT2D eigenvalue weighted by atomic mass is 10.3. The molecule has 0 fully saturated rings. The van der Waals surface area contributed by atoms with Crippen LogP contribution in [0.15, 0.2) is 6.08 Å². The number of ether oxygens (including phenoxy) is 1. The molecule has 1 heteroatoms. The largest absolute Gasteiger partial charge is 0.377 e. The van der Waals surface area contributed by atoms with E-state index < -0.39 is 0 Å². The highest BCUT2D eigenvalue weighted by atomic mass is 16.5. The second kappa shape index (κ2) is 2.80. The van der Waals surface area contributed by atoms with E-state index in [0.717, 1.165) is 26.1 Å². The van der Waals surface area contributed by atoms with Crippen LogP contribution in [0.1, 0.15) is 12.8 Å². The van der Waals surface area contributed by atoms with Gasteiger partial charge in [0, 0.05) is 6.61 Å². The molecule has 0 amide bonds. The number of hydrogen-bond donors (Lipinski definition) is 0. The van der Waals surface area contributed by atoms with Gasteiger partial charge >= 0.3 is 0 Å². The van der Waals surface area contributed by atoms with Crippen LogP contribution in [0.2, 0.25) is 0 Å². The molecular weight excluding hydrogens is 88.1 g/mol. The van der Waals surface area contributed by atoms with Gasteiger partial charge in [-0.15, -0.1) is 0 Å². The highest BCUT2D eigenvalue weighted by Crippen LogP contribution is 1.95. The molecule has 0 aromatic carbocycles. The van der Waals surface area contributed by atoms with Crippen molar-refractivity contribution < 1.29 is 4.74 Å². The third-order valence-corrected chi connectivity index (χ3v) is 0.955. The van der Waals surface area contributed by atoms with Gasteiger partial charge in [0.05, 0.1) is 6.61 Å². The normalized spacial score (nSPS) is 21.7. The molecule has 0 spiro atoms. The van der Waals surface area contributed by atoms with Gasteiger partial charge < -0.3 is 4.74 Å². The third kappa shape index (κ3) is 1.74. The average Bonchev–Trinajstić information content (AvgIpc) is 1.90. The zero-order chi connectivity index (χ0) is 4.95. The highest BCUT2D eigenvalue weighted by molar-refractivity contribution is 4.74. The molecule has 0 saturated carbocycles. The third-order valence-electron chi connectivity index (χ3n) is 0.955. The lowest BCUT2D eigenvalue weighted by Gasteiger charge is -1.91. The molecule has 0 N–H and O–H groups in total. The van der Waals surface area contributed by atoms with Crippen LogP contribution in [0.5, 0.6) is 0 Å². The molecule has 0 unspecified atom stereocenters. The molecule has 0 aromatic rings. The van der Waals surface area contributed by atoms with E-state index in [9.17, 15) is 0 Å². The Morgan fingerprint density at radius 2 is 2.57 bits per heavy atom. The van der Waals surface area contributed by atoms with Crippen LogP contribution in [-0.2, 0) is 4.74 Å². The fourth-order valence-electron chi connectivity index (χ4n) is 0.580. The molecule has 39 valence electrons. The predicted octanol–water partition coefficient (Wildman–Crippen LogP) is 1.16. The Labute approximate surface area is 44.0 Å². The Balaban J connectivity index is 2.20. The Kier molecular flexibility index (Phi) is 1.94. The van der Waals surface area contributed by atoms with Crippen LogP contribution in [0.3, 0.4) is 0 Å². The van der Waals surface area contributed by atoms with Crippen molar-refractivity contribution in [3.8, 4) is 0 Å². The van der Waals surface area contributed by atoms with E-state index in [1.165, 1.54) is 0 Å². The molecular formula is C6H9O. The van der Waals surface area contributed by atoms with Crippen molar-refractivity contribution in [3.63, 3.8) is 0 Å². The first kappa shape index (κ1) is 4.85. The van der Waals surface area contributed by atoms with E-state index in [1.54, 1.807) is 0 Å². The lowest BCUT2D eigenvalue weighted by molar-refractivity contribution is 0.165. The standard InChI is InChI=1S/C6H9O/c1-2-4-6-7-5-3-1/h4H,1,3,5-6H2. The number of rotatable bonds is 0. The molecule has 1 rings (SSSR count). The summed E-state index contributed by atoms with van der Waals surface area (Å²) in [5.74, 6) is 0. The van der Waals surface area contributed by atoms with E-state index in [4.69, 9.17) is 4.74 Å². The molecule has 0 aromatic heterocycles. The van der Waals surface area contributed by atoms with Crippen LogP contribution in [0.25, 0.3) is 0 Å². The van der Waals surface area contributed by atoms with Crippen LogP contribution < -0.4 is 0 Å². The first-order chi connectivity index (χ1) is 3.50. The first-order valence-corrected chi connectivity index (χ1v) is 2.63. The molecule has 1 heterocycles. The molecule has 1 aliphatic heterocycles. The molecule has 0 atom stereocenters. The molecule has 1 radical (unpaired) electrons. The summed E-state index contributed by atoms with van der Waals surface area (Å²) in [6.07, 6.45) is 7.25. The fourth-order valence-corrected chi connectivity index (χ4v) is 0.580. The quantitative estimate of drug-likeness (QED) is 0.440. The van der Waals surface area contributed by atoms with Gasteiger partial charge in [0.15, 0.2) is 0 Å². The van der Waals surface area contributed by atoms with Gasteiger partial charge in [-0.05, 0) is 18.9 Å². The van der Waals surface area contributed by atoms with Gasteiger partial charge in [0.25, 0.3) is 0 Å². The summed E-state index contributed by atoms with van der Waals surface area (Å²) in [4.78, 5) is 0. The van der Waals surface area contributed by atoms with Crippen LogP contribution in [0, 0.1) is 6.08 Å². The van der Waals surface area contributed by atoms with Crippen molar-refractivity contribution in [2.24, 2.45) is 0 Å². The molecule has 0 aliphatic carbocycles. The van der Waals surface area contributed by atoms with Crippen molar-refractivity contribution in [3.05, 3.63) is 12.2 Å². The van der Waals surface area contributed by atoms with Gasteiger partial charge in [0.2, 0.25) is 0 Å². The van der Waals surface area contributed by atoms with Gasteiger partial charge in [0.1, 0.15) is 0 Å². The minimum Gasteiger partial charge on any atom is -0.377 e. The van der Waals surface area contributed by atoms with Crippen molar-refractivity contribution >= 4 is 0 Å². The summed E-state index contributed by atoms with van der Waals surface area (Å²) in [7, 11) is 0. The summed E-state index contributed by atoms with van der Waals surface area (Å²) in [6.45, 7) is 1.67. The van der Waals surface area contributed by atoms with E-state index >= 15 is 0 Å². The van der Waals surface area contributed by atoms with Gasteiger partial charge in [-0.3, -0.25) is 0 Å². The lowest BCUT2D eigenvalue weighted by Crippen LogP contribution is -1.88. The smallest absolute Gasteiger partial charge is 0.0653 e. The first-order valence-electron chi connectivity index (χ1n) is 2.63. The number of hydrogen-bond acceptors (Lipinski definition) is 1. The Morgan fingerprint density at radius 3 is 3.57 bits per heavy atom. The second-order valence-corrected chi connectivity index (χ2v) is 1.59. The van der Waals surface area contributed by atoms with Gasteiger partial charge in [-0.2, -0.15) is 0 Å². The maximum absolute atomic E-state index is 5.08. The fraction of sp³-hybridized carbons (Fsp3) is 0.667. The summed E-state index contributed by atoms with van der Waals surface area (Å²) >= 11 is 0. The summed E-state index contributed by atoms with van der Waals surface area (Å²) in [5, 5.41) is 0. The maximum Gasteiger partial charge on any atom is 0.0653 e. The predicted molar refractivity (Wildman–Crippen MR) is 27.9 cm³/mol. The maximum atomic E-state index is 5.08. The monoisotopic (exact) mass is 97.1 g/mol. The second-order valence-electron chi connectivity index (χ2n) is 1.59. The van der Waals surface area contributed by atoms with E-state index in [-0.39, 0.29) is 0 Å². The highest BCUT2D eigenvalue weighted by Gasteiger charge is 1.88. The molecule has 1 aliphatic rings. The van der Waals surface area contributed by atoms with Gasteiger partial charge in [-0.1, -0.05) is 6.08 Å². The van der Waals surface area contributed by atoms with Crippen LogP contribution >= 0.6 is 0 Å². The molecule has 7 heavy (non-hydrogen) atoms. The molecule has 1 nitrogen and oxygen atoms in total. The summed E-state index contributed by atoms with van der Waals surface area (Å²) in [5.41, 5.74) is 0. The zero-order valence-electron chi connectivity index (χ0n) is 4.31. The molecule has 0 saturated heterocycles. The summed E-state index contributed by atoms with van der Waals surface area (Å²) < 4.78 is 5.08. The van der Waals surface area contributed by atoms with E-state index in [2.05, 4.69) is 6.08 Å². The topological polar surface area (TPSA) is 9.23 Å². The van der Waals surface area contributed by atoms with Crippen molar-refractivity contribution in [2.75, 3.05) is 13.2 Å². The van der Waals surface area contributed by atoms with Crippen molar-refractivity contribution in [1.82, 2.24) is 0 Å². The van der Waals surface area contributed by atoms with E-state index in [1.807, 2.05) is 6.08 Å². The zero-order valence-corrected chi connectivity index (χ0v) is 4.31. The van der Waals surface area contributed by atoms with Crippen molar-refractivity contribution in [1.29, 1.82) is 0 Å². The van der Waals surface area contributed by atoms with Crippen molar-refractivity contribution in [2.45, 2.75) is 12.8 Å². The van der Waals surface area contributed by atoms with Gasteiger partial charge in [-0.25, -0.2) is 0 Å². The Hall–Kier alpha value is -0.300. The summed E-state index contributed by atoms with van der Waals surface area (Å²) in [6, 6.07) is 0. The number of allylic oxidation sites excluding steroid dienone is 1. The molecule has 0 bridgehead atoms. The SMILES string of the molecule is [C]1=CCOCCC1. The van der Waals surface area contributed by atoms with Crippen LogP contribution in [0.4, 0.5) is 0 Å². The van der Waals surface area contributed by atoms with E-state index in [0.29, 0.717) is 0 Å². The minimum absolute atomic E-state index is 0.764. The van der Waals surface area contributed by atoms with Crippen LogP contribution in [-0.4, -0.2) is 13.2 Å². The minimum atomic E-state index is 0.764. The Morgan fingerprint density at radius 1 is 1.57 bits per heavy atom.